The molecule has 0 unspecified atom stereocenters. The zero-order valence-corrected chi connectivity index (χ0v) is 13.2. The third-order valence-electron chi connectivity index (χ3n) is 3.61. The molecule has 0 spiro atoms. The minimum atomic E-state index is -0.424. The summed E-state index contributed by atoms with van der Waals surface area (Å²) >= 11 is 0. The van der Waals surface area contributed by atoms with E-state index in [4.69, 9.17) is 9.47 Å². The van der Waals surface area contributed by atoms with Crippen molar-refractivity contribution in [1.29, 1.82) is 0 Å². The summed E-state index contributed by atoms with van der Waals surface area (Å²) in [4.78, 5) is 28.0. The number of amides is 2. The number of aryl methyl sites for hydroxylation is 1. The summed E-state index contributed by atoms with van der Waals surface area (Å²) in [6.45, 7) is 2.81. The molecule has 2 N–H and O–H groups in total. The van der Waals surface area contributed by atoms with Crippen molar-refractivity contribution in [3.05, 3.63) is 53.3 Å². The monoisotopic (exact) mass is 327 g/mol. The molecule has 7 heteroatoms. The summed E-state index contributed by atoms with van der Waals surface area (Å²) in [5.41, 5.74) is 6.95. The number of fused-ring (bicyclic) bond motifs is 1. The van der Waals surface area contributed by atoms with E-state index < -0.39 is 5.91 Å². The standard InChI is InChI=1S/C17H17N3O4/c1-11-10-18-5-4-12(11)9-16(21)19-20-17(22)13-2-3-14-15(8-13)24-7-6-23-14/h2-5,8,10H,6-7,9H2,1H3,(H,19,21)(H,20,22). The maximum atomic E-state index is 12.1. The number of nitrogens with zero attached hydrogens (tertiary/aromatic N) is 1. The molecule has 0 fully saturated rings. The Morgan fingerprint density at radius 2 is 1.92 bits per heavy atom. The van der Waals surface area contributed by atoms with E-state index in [1.54, 1.807) is 36.7 Å². The zero-order chi connectivity index (χ0) is 16.9. The van der Waals surface area contributed by atoms with Crippen LogP contribution in [0.25, 0.3) is 0 Å². The van der Waals surface area contributed by atoms with Gasteiger partial charge in [-0.15, -0.1) is 0 Å². The van der Waals surface area contributed by atoms with Crippen LogP contribution in [0.3, 0.4) is 0 Å². The van der Waals surface area contributed by atoms with Crippen LogP contribution in [0.5, 0.6) is 11.5 Å². The van der Waals surface area contributed by atoms with Crippen LogP contribution in [0.1, 0.15) is 21.5 Å². The van der Waals surface area contributed by atoms with Crippen molar-refractivity contribution in [3.63, 3.8) is 0 Å². The van der Waals surface area contributed by atoms with E-state index in [0.717, 1.165) is 11.1 Å². The van der Waals surface area contributed by atoms with Crippen molar-refractivity contribution in [2.24, 2.45) is 0 Å². The number of aromatic nitrogens is 1. The number of carbonyl (C=O) groups excluding carboxylic acids is 2. The highest BCUT2D eigenvalue weighted by Gasteiger charge is 2.15. The molecule has 7 nitrogen and oxygen atoms in total. The number of nitrogens with one attached hydrogen (secondary N) is 2. The summed E-state index contributed by atoms with van der Waals surface area (Å²) in [6, 6.07) is 6.65. The highest BCUT2D eigenvalue weighted by Crippen LogP contribution is 2.30. The first-order valence-corrected chi connectivity index (χ1v) is 7.52. The number of carbonyl (C=O) groups is 2. The van der Waals surface area contributed by atoms with Gasteiger partial charge < -0.3 is 9.47 Å². The number of rotatable bonds is 3. The Morgan fingerprint density at radius 3 is 2.71 bits per heavy atom. The Bertz CT molecular complexity index is 776. The van der Waals surface area contributed by atoms with Crippen molar-refractivity contribution >= 4 is 11.8 Å². The summed E-state index contributed by atoms with van der Waals surface area (Å²) in [5, 5.41) is 0. The van der Waals surface area contributed by atoms with E-state index in [1.165, 1.54) is 0 Å². The highest BCUT2D eigenvalue weighted by atomic mass is 16.6. The van der Waals surface area contributed by atoms with Crippen molar-refractivity contribution in [2.75, 3.05) is 13.2 Å². The van der Waals surface area contributed by atoms with Crippen LogP contribution >= 0.6 is 0 Å². The van der Waals surface area contributed by atoms with Gasteiger partial charge in [-0.3, -0.25) is 25.4 Å². The molecule has 124 valence electrons. The first-order chi connectivity index (χ1) is 11.6. The SMILES string of the molecule is Cc1cnccc1CC(=O)NNC(=O)c1ccc2c(c1)OCCO2. The Kier molecular flexibility index (Phi) is 4.60. The largest absolute Gasteiger partial charge is 0.486 e. The molecular formula is C17H17N3O4. The van der Waals surface area contributed by atoms with Gasteiger partial charge in [0.25, 0.3) is 5.91 Å². The van der Waals surface area contributed by atoms with Crippen molar-refractivity contribution < 1.29 is 19.1 Å². The molecule has 3 rings (SSSR count). The number of ether oxygens (including phenoxy) is 2. The Balaban J connectivity index is 1.57. The minimum absolute atomic E-state index is 0.162. The lowest BCUT2D eigenvalue weighted by atomic mass is 10.1. The number of hydrogen-bond acceptors (Lipinski definition) is 5. The number of hydrazine groups is 1. The molecule has 2 amide bonds. The van der Waals surface area contributed by atoms with Gasteiger partial charge in [0.15, 0.2) is 11.5 Å². The van der Waals surface area contributed by atoms with Gasteiger partial charge in [0.2, 0.25) is 5.91 Å². The molecule has 0 saturated carbocycles. The van der Waals surface area contributed by atoms with Crippen molar-refractivity contribution in [2.45, 2.75) is 13.3 Å². The lowest BCUT2D eigenvalue weighted by Crippen LogP contribution is -2.42. The fourth-order valence-corrected chi connectivity index (χ4v) is 2.30. The van der Waals surface area contributed by atoms with Crippen LogP contribution in [0.2, 0.25) is 0 Å². The second-order valence-electron chi connectivity index (χ2n) is 5.34. The van der Waals surface area contributed by atoms with Crippen LogP contribution in [0.15, 0.2) is 36.7 Å². The van der Waals surface area contributed by atoms with E-state index in [9.17, 15) is 9.59 Å². The lowest BCUT2D eigenvalue weighted by Gasteiger charge is -2.18. The van der Waals surface area contributed by atoms with E-state index in [0.29, 0.717) is 30.3 Å². The van der Waals surface area contributed by atoms with Crippen LogP contribution in [-0.4, -0.2) is 30.0 Å². The molecule has 0 radical (unpaired) electrons. The maximum Gasteiger partial charge on any atom is 0.269 e. The molecular weight excluding hydrogens is 310 g/mol. The molecule has 0 bridgehead atoms. The van der Waals surface area contributed by atoms with Crippen molar-refractivity contribution in [1.82, 2.24) is 15.8 Å². The van der Waals surface area contributed by atoms with Gasteiger partial charge >= 0.3 is 0 Å². The fourth-order valence-electron chi connectivity index (χ4n) is 2.30. The van der Waals surface area contributed by atoms with Gasteiger partial charge in [-0.2, -0.15) is 0 Å². The smallest absolute Gasteiger partial charge is 0.269 e. The van der Waals surface area contributed by atoms with E-state index in [-0.39, 0.29) is 12.3 Å². The van der Waals surface area contributed by atoms with E-state index >= 15 is 0 Å². The Hall–Kier alpha value is -3.09. The van der Waals surface area contributed by atoms with E-state index in [1.807, 2.05) is 6.92 Å². The Labute approximate surface area is 139 Å². The molecule has 24 heavy (non-hydrogen) atoms. The van der Waals surface area contributed by atoms with Crippen molar-refractivity contribution in [3.8, 4) is 11.5 Å². The average molecular weight is 327 g/mol. The maximum absolute atomic E-state index is 12.1. The van der Waals surface area contributed by atoms with Crippen LogP contribution in [0.4, 0.5) is 0 Å². The topological polar surface area (TPSA) is 89.6 Å². The molecule has 2 aromatic rings. The Morgan fingerprint density at radius 1 is 1.12 bits per heavy atom. The third kappa shape index (κ3) is 3.62. The minimum Gasteiger partial charge on any atom is -0.486 e. The molecule has 1 aromatic carbocycles. The zero-order valence-electron chi connectivity index (χ0n) is 13.2. The lowest BCUT2D eigenvalue weighted by molar-refractivity contribution is -0.121. The van der Waals surface area contributed by atoms with Gasteiger partial charge in [0, 0.05) is 18.0 Å². The summed E-state index contributed by atoms with van der Waals surface area (Å²) in [5.74, 6) is 0.393. The first-order valence-electron chi connectivity index (χ1n) is 7.52. The average Bonchev–Trinajstić information content (AvgIpc) is 2.61. The highest BCUT2D eigenvalue weighted by molar-refractivity contribution is 5.96. The molecule has 0 atom stereocenters. The molecule has 2 heterocycles. The van der Waals surface area contributed by atoms with Crippen LogP contribution in [-0.2, 0) is 11.2 Å². The molecule has 1 aliphatic rings. The number of hydrogen-bond donors (Lipinski definition) is 2. The first kappa shape index (κ1) is 15.8. The quantitative estimate of drug-likeness (QED) is 0.826. The molecule has 0 aliphatic carbocycles. The summed E-state index contributed by atoms with van der Waals surface area (Å²) < 4.78 is 10.8. The van der Waals surface area contributed by atoms with Gasteiger partial charge in [-0.1, -0.05) is 0 Å². The molecule has 1 aromatic heterocycles. The fraction of sp³-hybridized carbons (Fsp3) is 0.235. The second-order valence-corrected chi connectivity index (χ2v) is 5.34. The predicted molar refractivity (Wildman–Crippen MR) is 85.7 cm³/mol. The summed E-state index contributed by atoms with van der Waals surface area (Å²) in [7, 11) is 0. The predicted octanol–water partition coefficient (Wildman–Crippen LogP) is 1.16. The summed E-state index contributed by atoms with van der Waals surface area (Å²) in [6.07, 6.45) is 3.48. The number of benzene rings is 1. The van der Waals surface area contributed by atoms with Gasteiger partial charge in [0.05, 0.1) is 6.42 Å². The van der Waals surface area contributed by atoms with Crippen LogP contribution < -0.4 is 20.3 Å². The van der Waals surface area contributed by atoms with E-state index in [2.05, 4.69) is 15.8 Å². The number of pyridine rings is 1. The molecule has 1 aliphatic heterocycles. The molecule has 0 saturated heterocycles. The normalized spacial score (nSPS) is 12.4. The van der Waals surface area contributed by atoms with Gasteiger partial charge in [0.1, 0.15) is 13.2 Å². The second kappa shape index (κ2) is 6.99. The van der Waals surface area contributed by atoms with Gasteiger partial charge in [-0.25, -0.2) is 0 Å². The van der Waals surface area contributed by atoms with Gasteiger partial charge in [-0.05, 0) is 42.3 Å². The third-order valence-corrected chi connectivity index (χ3v) is 3.61. The van der Waals surface area contributed by atoms with Crippen LogP contribution in [0, 0.1) is 6.92 Å².